The van der Waals surface area contributed by atoms with Gasteiger partial charge >= 0.3 is 5.97 Å². The second kappa shape index (κ2) is 4.98. The van der Waals surface area contributed by atoms with Crippen LogP contribution in [0, 0.1) is 0 Å². The Kier molecular flexibility index (Phi) is 3.81. The highest BCUT2D eigenvalue weighted by Gasteiger charge is 2.28. The van der Waals surface area contributed by atoms with Crippen LogP contribution in [0.2, 0.25) is 0 Å². The largest absolute Gasteiger partial charge is 0.476 e. The quantitative estimate of drug-likeness (QED) is 0.898. The van der Waals surface area contributed by atoms with E-state index < -0.39 is 5.97 Å². The maximum absolute atomic E-state index is 10.7. The molecule has 2 heterocycles. The van der Waals surface area contributed by atoms with E-state index in [0.29, 0.717) is 15.7 Å². The van der Waals surface area contributed by atoms with Gasteiger partial charge in [-0.1, -0.05) is 13.8 Å². The molecular weight excluding hydrogens is 262 g/mol. The number of hydrogen-bond acceptors (Lipinski definition) is 5. The van der Waals surface area contributed by atoms with Crippen LogP contribution in [0.15, 0.2) is 5.38 Å². The summed E-state index contributed by atoms with van der Waals surface area (Å²) >= 11 is 5.31. The highest BCUT2D eigenvalue weighted by molar-refractivity contribution is 8.07. The van der Waals surface area contributed by atoms with Crippen LogP contribution >= 0.6 is 34.9 Å². The van der Waals surface area contributed by atoms with Crippen molar-refractivity contribution in [2.75, 3.05) is 5.75 Å². The Morgan fingerprint density at radius 3 is 2.81 bits per heavy atom. The second-order valence-electron chi connectivity index (χ2n) is 3.74. The van der Waals surface area contributed by atoms with Gasteiger partial charge in [-0.25, -0.2) is 9.78 Å². The van der Waals surface area contributed by atoms with Crippen molar-refractivity contribution < 1.29 is 9.90 Å². The molecule has 88 valence electrons. The fourth-order valence-electron chi connectivity index (χ4n) is 1.45. The Hall–Kier alpha value is -0.200. The highest BCUT2D eigenvalue weighted by Crippen LogP contribution is 2.44. The molecule has 0 amide bonds. The van der Waals surface area contributed by atoms with Crippen molar-refractivity contribution in [1.82, 2.24) is 4.98 Å². The lowest BCUT2D eigenvalue weighted by atomic mass is 10.4. The molecule has 6 heteroatoms. The number of hydrogen-bond donors (Lipinski definition) is 1. The molecule has 3 unspecified atom stereocenters. The van der Waals surface area contributed by atoms with Gasteiger partial charge in [0.25, 0.3) is 0 Å². The molecular formula is C10H13NO2S3. The van der Waals surface area contributed by atoms with Crippen LogP contribution in [-0.4, -0.2) is 32.3 Å². The molecule has 0 bridgehead atoms. The maximum Gasteiger partial charge on any atom is 0.355 e. The molecule has 0 spiro atoms. The van der Waals surface area contributed by atoms with Crippen LogP contribution in [0.25, 0.3) is 0 Å². The molecule has 0 radical (unpaired) electrons. The van der Waals surface area contributed by atoms with Crippen LogP contribution in [0.1, 0.15) is 34.6 Å². The molecule has 0 aliphatic carbocycles. The minimum absolute atomic E-state index is 0.178. The summed E-state index contributed by atoms with van der Waals surface area (Å²) < 4.78 is 0. The summed E-state index contributed by atoms with van der Waals surface area (Å²) in [5, 5.41) is 13.0. The van der Waals surface area contributed by atoms with Crippen molar-refractivity contribution in [3.05, 3.63) is 16.1 Å². The minimum atomic E-state index is -0.933. The molecule has 1 aromatic rings. The van der Waals surface area contributed by atoms with Crippen LogP contribution in [-0.2, 0) is 0 Å². The number of aromatic nitrogens is 1. The average Bonchev–Trinajstić information content (AvgIpc) is 2.71. The summed E-state index contributed by atoms with van der Waals surface area (Å²) in [6, 6.07) is 0. The third-order valence-corrected chi connectivity index (χ3v) is 7.07. The molecule has 1 N–H and O–H groups in total. The fourth-order valence-corrected chi connectivity index (χ4v) is 5.45. The van der Waals surface area contributed by atoms with Crippen LogP contribution in [0.5, 0.6) is 0 Å². The van der Waals surface area contributed by atoms with Crippen molar-refractivity contribution in [3.8, 4) is 0 Å². The molecule has 1 aromatic heterocycles. The van der Waals surface area contributed by atoms with E-state index in [0.717, 1.165) is 10.8 Å². The summed E-state index contributed by atoms with van der Waals surface area (Å²) in [5.41, 5.74) is 0.178. The zero-order valence-corrected chi connectivity index (χ0v) is 11.5. The van der Waals surface area contributed by atoms with Gasteiger partial charge in [0.1, 0.15) is 5.01 Å². The van der Waals surface area contributed by atoms with Gasteiger partial charge in [0.2, 0.25) is 0 Å². The molecule has 1 aliphatic rings. The molecule has 3 atom stereocenters. The molecule has 1 saturated heterocycles. The van der Waals surface area contributed by atoms with Gasteiger partial charge in [-0.3, -0.25) is 0 Å². The van der Waals surface area contributed by atoms with Gasteiger partial charge < -0.3 is 5.11 Å². The van der Waals surface area contributed by atoms with E-state index in [2.05, 4.69) is 18.8 Å². The van der Waals surface area contributed by atoms with Crippen molar-refractivity contribution in [3.63, 3.8) is 0 Å². The Labute approximate surface area is 107 Å². The summed E-state index contributed by atoms with van der Waals surface area (Å²) in [6.07, 6.45) is 0. The first-order valence-corrected chi connectivity index (χ1v) is 7.91. The third kappa shape index (κ3) is 2.55. The Bertz CT molecular complexity index is 393. The number of carboxylic acid groups (broad SMARTS) is 1. The number of aromatic carboxylic acids is 1. The molecule has 0 aromatic carbocycles. The maximum atomic E-state index is 10.7. The van der Waals surface area contributed by atoms with E-state index in [1.807, 2.05) is 23.5 Å². The molecule has 16 heavy (non-hydrogen) atoms. The second-order valence-corrected chi connectivity index (χ2v) is 7.63. The molecule has 2 rings (SSSR count). The zero-order chi connectivity index (χ0) is 11.7. The zero-order valence-electron chi connectivity index (χ0n) is 9.04. The van der Waals surface area contributed by atoms with Gasteiger partial charge in [0, 0.05) is 21.6 Å². The summed E-state index contributed by atoms with van der Waals surface area (Å²) in [4.78, 5) is 14.9. The number of carbonyl (C=O) groups is 1. The lowest BCUT2D eigenvalue weighted by Gasteiger charge is -2.29. The van der Waals surface area contributed by atoms with Crippen molar-refractivity contribution in [2.24, 2.45) is 0 Å². The number of nitrogens with zero attached hydrogens (tertiary/aromatic N) is 1. The Morgan fingerprint density at radius 1 is 1.50 bits per heavy atom. The monoisotopic (exact) mass is 275 g/mol. The Balaban J connectivity index is 2.09. The predicted molar refractivity (Wildman–Crippen MR) is 70.8 cm³/mol. The normalized spacial score (nSPS) is 30.2. The highest BCUT2D eigenvalue weighted by atomic mass is 32.2. The smallest absolute Gasteiger partial charge is 0.355 e. The first-order chi connectivity index (χ1) is 7.58. The summed E-state index contributed by atoms with van der Waals surface area (Å²) in [5.74, 6) is 0.0975. The molecule has 0 saturated carbocycles. The lowest BCUT2D eigenvalue weighted by Crippen LogP contribution is -2.21. The van der Waals surface area contributed by atoms with E-state index in [4.69, 9.17) is 5.11 Å². The van der Waals surface area contributed by atoms with Gasteiger partial charge in [-0.2, -0.15) is 11.8 Å². The van der Waals surface area contributed by atoms with E-state index in [9.17, 15) is 4.79 Å². The van der Waals surface area contributed by atoms with E-state index in [-0.39, 0.29) is 5.69 Å². The standard InChI is InChI=1S/C10H13NO2S3/c1-5-6(2)16-8(4-14-5)9-11-7(3-15-9)10(12)13/h3,5-6,8H,4H2,1-2H3,(H,12,13). The van der Waals surface area contributed by atoms with Gasteiger partial charge in [-0.15, -0.1) is 23.1 Å². The van der Waals surface area contributed by atoms with Gasteiger partial charge in [-0.05, 0) is 0 Å². The molecule has 3 nitrogen and oxygen atoms in total. The van der Waals surface area contributed by atoms with Crippen LogP contribution < -0.4 is 0 Å². The Morgan fingerprint density at radius 2 is 2.25 bits per heavy atom. The lowest BCUT2D eigenvalue weighted by molar-refractivity contribution is 0.0691. The summed E-state index contributed by atoms with van der Waals surface area (Å²) in [7, 11) is 0. The molecule has 1 fully saturated rings. The van der Waals surface area contributed by atoms with Crippen molar-refractivity contribution in [1.29, 1.82) is 0 Å². The van der Waals surface area contributed by atoms with Crippen LogP contribution in [0.4, 0.5) is 0 Å². The minimum Gasteiger partial charge on any atom is -0.476 e. The topological polar surface area (TPSA) is 50.2 Å². The number of thiazole rings is 1. The summed E-state index contributed by atoms with van der Waals surface area (Å²) in [6.45, 7) is 4.46. The van der Waals surface area contributed by atoms with Gasteiger partial charge in [0.15, 0.2) is 5.69 Å². The third-order valence-electron chi connectivity index (χ3n) is 2.57. The predicted octanol–water partition coefficient (Wildman–Crippen LogP) is 3.14. The number of thioether (sulfide) groups is 2. The van der Waals surface area contributed by atoms with E-state index in [1.165, 1.54) is 11.3 Å². The first kappa shape index (κ1) is 12.3. The van der Waals surface area contributed by atoms with Crippen molar-refractivity contribution >= 4 is 40.8 Å². The fraction of sp³-hybridized carbons (Fsp3) is 0.600. The van der Waals surface area contributed by atoms with Crippen LogP contribution in [0.3, 0.4) is 0 Å². The average molecular weight is 275 g/mol. The van der Waals surface area contributed by atoms with E-state index >= 15 is 0 Å². The van der Waals surface area contributed by atoms with E-state index in [1.54, 1.807) is 5.38 Å². The number of rotatable bonds is 2. The van der Waals surface area contributed by atoms with Gasteiger partial charge in [0.05, 0.1) is 5.25 Å². The van der Waals surface area contributed by atoms with Crippen molar-refractivity contribution in [2.45, 2.75) is 29.6 Å². The molecule has 1 aliphatic heterocycles. The number of carboxylic acids is 1. The first-order valence-electron chi connectivity index (χ1n) is 5.03. The SMILES string of the molecule is CC1SCC(c2nc(C(=O)O)cs2)SC1C.